The lowest BCUT2D eigenvalue weighted by Gasteiger charge is -1.76. The van der Waals surface area contributed by atoms with Crippen molar-refractivity contribution in [2.75, 3.05) is 0 Å². The highest BCUT2D eigenvalue weighted by Gasteiger charge is 1.69. The summed E-state index contributed by atoms with van der Waals surface area (Å²) in [5, 5.41) is 6.91. The number of nitrogens with one attached hydrogen (secondary N) is 1. The van der Waals surface area contributed by atoms with Gasteiger partial charge in [0.15, 0.2) is 0 Å². The minimum Gasteiger partial charge on any atom is -0.306 e. The molecule has 0 aliphatic heterocycles. The summed E-state index contributed by atoms with van der Waals surface area (Å²) >= 11 is 0. The van der Waals surface area contributed by atoms with E-state index in [0.717, 1.165) is 0 Å². The Morgan fingerprint density at radius 2 is 2.25 bits per heavy atom. The molecule has 0 spiro atoms. The van der Waals surface area contributed by atoms with Crippen LogP contribution in [0.25, 0.3) is 0 Å². The first-order valence-corrected chi connectivity index (χ1v) is 2.47. The van der Waals surface area contributed by atoms with Crippen LogP contribution in [-0.2, 0) is 0 Å². The fourth-order valence-electron chi connectivity index (χ4n) is 0.241. The number of hydrogen-bond donors (Lipinski definition) is 1. The number of aliphatic imine (C=N–C) groups is 1. The van der Waals surface area contributed by atoms with Gasteiger partial charge in [-0.15, -0.1) is 0 Å². The molecule has 0 rings (SSSR count). The fraction of sp³-hybridized carbons (Fsp3) is 0.333. The molecule has 0 atom stereocenters. The average molecular weight is 110 g/mol. The predicted octanol–water partition coefficient (Wildman–Crippen LogP) is 1.63. The van der Waals surface area contributed by atoms with E-state index < -0.39 is 0 Å². The predicted molar refractivity (Wildman–Crippen MR) is 36.7 cm³/mol. The molecule has 44 valence electrons. The molecule has 0 aromatic carbocycles. The zero-order valence-electron chi connectivity index (χ0n) is 5.18. The van der Waals surface area contributed by atoms with E-state index in [1.54, 1.807) is 25.4 Å². The van der Waals surface area contributed by atoms with Gasteiger partial charge in [-0.2, -0.15) is 0 Å². The van der Waals surface area contributed by atoms with Gasteiger partial charge in [0.2, 0.25) is 0 Å². The van der Waals surface area contributed by atoms with Gasteiger partial charge in [-0.1, -0.05) is 0 Å². The fourth-order valence-corrected chi connectivity index (χ4v) is 0.241. The molecule has 0 heterocycles. The maximum Gasteiger partial charge on any atom is 0.0298 e. The first kappa shape index (κ1) is 7.08. The average Bonchev–Trinajstić information content (AvgIpc) is 1.66. The molecule has 0 amide bonds. The molecular formula is C6H10N2. The van der Waals surface area contributed by atoms with E-state index in [9.17, 15) is 0 Å². The van der Waals surface area contributed by atoms with Crippen LogP contribution in [0.3, 0.4) is 0 Å². The molecule has 2 heteroatoms. The minimum atomic E-state index is 0.524. The van der Waals surface area contributed by atoms with Crippen LogP contribution in [0.15, 0.2) is 17.3 Å². The summed E-state index contributed by atoms with van der Waals surface area (Å²) in [6.07, 6.45) is 4.92. The van der Waals surface area contributed by atoms with Crippen molar-refractivity contribution in [3.8, 4) is 0 Å². The minimum absolute atomic E-state index is 0.524. The summed E-state index contributed by atoms with van der Waals surface area (Å²) in [6.45, 7) is 3.55. The summed E-state index contributed by atoms with van der Waals surface area (Å²) < 4.78 is 0. The molecule has 0 bridgehead atoms. The lowest BCUT2D eigenvalue weighted by atomic mass is 10.4. The van der Waals surface area contributed by atoms with Gasteiger partial charge in [0.25, 0.3) is 0 Å². The highest BCUT2D eigenvalue weighted by atomic mass is 14.6. The van der Waals surface area contributed by atoms with E-state index in [1.165, 1.54) is 0 Å². The van der Waals surface area contributed by atoms with Crippen molar-refractivity contribution in [2.45, 2.75) is 13.8 Å². The zero-order valence-corrected chi connectivity index (χ0v) is 5.18. The van der Waals surface area contributed by atoms with E-state index in [-0.39, 0.29) is 0 Å². The molecule has 0 unspecified atom stereocenters. The third-order valence-corrected chi connectivity index (χ3v) is 0.560. The van der Waals surface area contributed by atoms with Crippen LogP contribution in [0, 0.1) is 5.41 Å². The summed E-state index contributed by atoms with van der Waals surface area (Å²) in [4.78, 5) is 3.77. The molecule has 2 nitrogen and oxygen atoms in total. The van der Waals surface area contributed by atoms with Crippen molar-refractivity contribution < 1.29 is 0 Å². The molecule has 0 saturated heterocycles. The van der Waals surface area contributed by atoms with Crippen molar-refractivity contribution in [3.63, 3.8) is 0 Å². The molecule has 0 aromatic rings. The van der Waals surface area contributed by atoms with Gasteiger partial charge in [-0.25, -0.2) is 0 Å². The standard InChI is InChI=1S/C6H10N2/c1-3-8-5-4-6(2)7/h3-5,7H,1-2H3/b5-4-,7-6?,8-3-. The topological polar surface area (TPSA) is 36.2 Å². The smallest absolute Gasteiger partial charge is 0.0298 e. The highest BCUT2D eigenvalue weighted by molar-refractivity contribution is 5.89. The Morgan fingerprint density at radius 3 is 2.62 bits per heavy atom. The Labute approximate surface area is 49.5 Å². The first-order valence-electron chi connectivity index (χ1n) is 2.47. The largest absolute Gasteiger partial charge is 0.306 e. The Morgan fingerprint density at radius 1 is 1.62 bits per heavy atom. The number of allylic oxidation sites excluding steroid dienone is 1. The van der Waals surface area contributed by atoms with E-state index in [1.807, 2.05) is 6.92 Å². The Hall–Kier alpha value is -0.920. The zero-order chi connectivity index (χ0) is 6.41. The van der Waals surface area contributed by atoms with E-state index in [0.29, 0.717) is 5.71 Å². The van der Waals surface area contributed by atoms with Crippen LogP contribution in [0.5, 0.6) is 0 Å². The molecule has 8 heavy (non-hydrogen) atoms. The van der Waals surface area contributed by atoms with Crippen molar-refractivity contribution in [3.05, 3.63) is 12.3 Å². The monoisotopic (exact) mass is 110 g/mol. The molecule has 0 aromatic heterocycles. The Bertz CT molecular complexity index is 122. The third-order valence-electron chi connectivity index (χ3n) is 0.560. The van der Waals surface area contributed by atoms with Crippen LogP contribution in [0.4, 0.5) is 0 Å². The molecular weight excluding hydrogens is 100 g/mol. The second-order valence-corrected chi connectivity index (χ2v) is 1.41. The highest BCUT2D eigenvalue weighted by Crippen LogP contribution is 1.74. The quantitative estimate of drug-likeness (QED) is 0.524. The number of nitrogens with zero attached hydrogens (tertiary/aromatic N) is 1. The molecule has 0 aliphatic rings. The van der Waals surface area contributed by atoms with Crippen LogP contribution in [-0.4, -0.2) is 11.9 Å². The van der Waals surface area contributed by atoms with Gasteiger partial charge in [-0.3, -0.25) is 4.99 Å². The third kappa shape index (κ3) is 5.08. The van der Waals surface area contributed by atoms with Crippen molar-refractivity contribution in [1.29, 1.82) is 5.41 Å². The number of rotatable bonds is 2. The Kier molecular flexibility index (Phi) is 3.76. The van der Waals surface area contributed by atoms with Gasteiger partial charge in [0, 0.05) is 18.1 Å². The first-order chi connectivity index (χ1) is 3.77. The lowest BCUT2D eigenvalue weighted by Crippen LogP contribution is -1.75. The molecule has 0 aliphatic carbocycles. The summed E-state index contributed by atoms with van der Waals surface area (Å²) in [5.74, 6) is 0. The maximum atomic E-state index is 6.91. The van der Waals surface area contributed by atoms with Gasteiger partial charge in [-0.05, 0) is 19.9 Å². The van der Waals surface area contributed by atoms with Gasteiger partial charge >= 0.3 is 0 Å². The maximum absolute atomic E-state index is 6.91. The van der Waals surface area contributed by atoms with Gasteiger partial charge < -0.3 is 5.41 Å². The molecule has 0 fully saturated rings. The van der Waals surface area contributed by atoms with Crippen LogP contribution >= 0.6 is 0 Å². The second-order valence-electron chi connectivity index (χ2n) is 1.41. The van der Waals surface area contributed by atoms with Crippen molar-refractivity contribution >= 4 is 11.9 Å². The number of hydrogen-bond acceptors (Lipinski definition) is 2. The second kappa shape index (κ2) is 4.24. The van der Waals surface area contributed by atoms with Crippen molar-refractivity contribution in [2.24, 2.45) is 4.99 Å². The van der Waals surface area contributed by atoms with Crippen LogP contribution in [0.1, 0.15) is 13.8 Å². The summed E-state index contributed by atoms with van der Waals surface area (Å²) in [6, 6.07) is 0. The van der Waals surface area contributed by atoms with Crippen LogP contribution < -0.4 is 0 Å². The van der Waals surface area contributed by atoms with E-state index in [4.69, 9.17) is 5.41 Å². The molecule has 1 N–H and O–H groups in total. The SMILES string of the molecule is C/C=N\C=C/C(C)=N. The Balaban J connectivity index is 3.50. The normalized spacial score (nSPS) is 11.2. The lowest BCUT2D eigenvalue weighted by molar-refractivity contribution is 1.48. The van der Waals surface area contributed by atoms with E-state index >= 15 is 0 Å². The van der Waals surface area contributed by atoms with Crippen molar-refractivity contribution in [1.82, 2.24) is 0 Å². The van der Waals surface area contributed by atoms with Gasteiger partial charge in [0.05, 0.1) is 0 Å². The van der Waals surface area contributed by atoms with Gasteiger partial charge in [0.1, 0.15) is 0 Å². The van der Waals surface area contributed by atoms with E-state index in [2.05, 4.69) is 4.99 Å². The summed E-state index contributed by atoms with van der Waals surface area (Å²) in [5.41, 5.74) is 0.524. The van der Waals surface area contributed by atoms with Crippen LogP contribution in [0.2, 0.25) is 0 Å². The summed E-state index contributed by atoms with van der Waals surface area (Å²) in [7, 11) is 0. The molecule has 0 saturated carbocycles. The molecule has 0 radical (unpaired) electrons.